The molecule has 0 radical (unpaired) electrons. The number of hydrogen-bond donors (Lipinski definition) is 0. The molecular weight excluding hydrogens is 594 g/mol. The SMILES string of the molecule is CCOC[C@@H]1N(c2cccc(-c3cccc(C)c3OCc3cc(C)c4c(c3)CCN(C(=O)OC(C)(C)C)C4)n2)C[C@@H]2C[C@@]21C(=O)OC. The van der Waals surface area contributed by atoms with E-state index < -0.39 is 11.0 Å². The number of carbonyl (C=O) groups is 2. The molecule has 1 saturated carbocycles. The fourth-order valence-electron chi connectivity index (χ4n) is 7.37. The number of hydrogen-bond acceptors (Lipinski definition) is 8. The van der Waals surface area contributed by atoms with Crippen molar-refractivity contribution in [2.45, 2.75) is 79.2 Å². The highest BCUT2D eigenvalue weighted by Crippen LogP contribution is 2.62. The summed E-state index contributed by atoms with van der Waals surface area (Å²) in [6, 6.07) is 16.4. The maximum Gasteiger partial charge on any atom is 0.410 e. The summed E-state index contributed by atoms with van der Waals surface area (Å²) in [5.74, 6) is 1.70. The highest BCUT2D eigenvalue weighted by atomic mass is 16.6. The lowest BCUT2D eigenvalue weighted by atomic mass is 9.93. The van der Waals surface area contributed by atoms with Crippen molar-refractivity contribution in [1.29, 1.82) is 0 Å². The number of methoxy groups -OCH3 is 1. The van der Waals surface area contributed by atoms with Gasteiger partial charge in [-0.3, -0.25) is 4.79 Å². The minimum Gasteiger partial charge on any atom is -0.488 e. The second-order valence-electron chi connectivity index (χ2n) is 14.1. The minimum absolute atomic E-state index is 0.126. The standard InChI is InChI=1S/C38H47N3O6/c1-8-45-23-32-38(35(42)44-7)19-28(38)20-41(32)33-14-10-13-31(39-33)29-12-9-11-24(2)34(29)46-22-26-17-25(3)30-21-40(16-15-27(30)18-26)36(43)47-37(4,5)6/h9-14,17-18,28,32H,8,15-16,19-23H2,1-7H3/t28-,32-,38+/m0/s1. The van der Waals surface area contributed by atoms with E-state index in [1.807, 2.05) is 58.0 Å². The fourth-order valence-corrected chi connectivity index (χ4v) is 7.37. The smallest absolute Gasteiger partial charge is 0.410 e. The lowest BCUT2D eigenvalue weighted by molar-refractivity contribution is -0.148. The molecule has 2 aromatic carbocycles. The molecule has 3 atom stereocenters. The van der Waals surface area contributed by atoms with E-state index in [1.54, 1.807) is 4.90 Å². The van der Waals surface area contributed by atoms with E-state index in [1.165, 1.54) is 18.2 Å². The van der Waals surface area contributed by atoms with Gasteiger partial charge in [-0.1, -0.05) is 30.3 Å². The topological polar surface area (TPSA) is 90.4 Å². The molecule has 9 nitrogen and oxygen atoms in total. The molecule has 47 heavy (non-hydrogen) atoms. The Morgan fingerprint density at radius 3 is 2.60 bits per heavy atom. The maximum atomic E-state index is 12.9. The Labute approximate surface area is 278 Å². The van der Waals surface area contributed by atoms with Crippen LogP contribution in [0.2, 0.25) is 0 Å². The van der Waals surface area contributed by atoms with Crippen LogP contribution in [0.5, 0.6) is 5.75 Å². The Morgan fingerprint density at radius 1 is 1.06 bits per heavy atom. The maximum absolute atomic E-state index is 12.9. The highest BCUT2D eigenvalue weighted by Gasteiger charge is 2.71. The summed E-state index contributed by atoms with van der Waals surface area (Å²) in [4.78, 5) is 34.8. The van der Waals surface area contributed by atoms with Crippen molar-refractivity contribution in [3.8, 4) is 17.0 Å². The summed E-state index contributed by atoms with van der Waals surface area (Å²) in [5.41, 5.74) is 6.37. The summed E-state index contributed by atoms with van der Waals surface area (Å²) in [6.45, 7) is 15.2. The molecule has 3 heterocycles. The zero-order valence-corrected chi connectivity index (χ0v) is 28.7. The molecule has 2 fully saturated rings. The molecule has 3 aliphatic rings. The van der Waals surface area contributed by atoms with Gasteiger partial charge in [0.15, 0.2) is 0 Å². The number of anilines is 1. The molecule has 6 rings (SSSR count). The van der Waals surface area contributed by atoms with Crippen molar-refractivity contribution in [2.75, 3.05) is 38.3 Å². The summed E-state index contributed by atoms with van der Waals surface area (Å²) in [6.07, 6.45) is 1.33. The number of aryl methyl sites for hydroxylation is 2. The number of carbonyl (C=O) groups excluding carboxylic acids is 2. The third kappa shape index (κ3) is 6.42. The van der Waals surface area contributed by atoms with Crippen LogP contribution in [0.1, 0.15) is 61.9 Å². The van der Waals surface area contributed by atoms with E-state index in [9.17, 15) is 9.59 Å². The number of nitrogens with zero attached hydrogens (tertiary/aromatic N) is 3. The minimum atomic E-state index is -0.528. The van der Waals surface area contributed by atoms with E-state index >= 15 is 0 Å². The fraction of sp³-hybridized carbons (Fsp3) is 0.500. The normalized spacial score (nSPS) is 21.6. The van der Waals surface area contributed by atoms with Gasteiger partial charge in [0.05, 0.1) is 30.9 Å². The third-order valence-electron chi connectivity index (χ3n) is 9.76. The van der Waals surface area contributed by atoms with Crippen molar-refractivity contribution in [3.63, 3.8) is 0 Å². The quantitative estimate of drug-likeness (QED) is 0.240. The van der Waals surface area contributed by atoms with Crippen LogP contribution < -0.4 is 9.64 Å². The molecule has 2 aliphatic heterocycles. The first-order chi connectivity index (χ1) is 22.4. The largest absolute Gasteiger partial charge is 0.488 e. The number of aromatic nitrogens is 1. The molecule has 0 bridgehead atoms. The average Bonchev–Trinajstić information content (AvgIpc) is 3.68. The highest BCUT2D eigenvalue weighted by molar-refractivity contribution is 5.84. The van der Waals surface area contributed by atoms with Crippen molar-refractivity contribution < 1.29 is 28.5 Å². The van der Waals surface area contributed by atoms with Crippen molar-refractivity contribution in [2.24, 2.45) is 11.3 Å². The van der Waals surface area contributed by atoms with Gasteiger partial charge in [0, 0.05) is 31.8 Å². The molecular formula is C38H47N3O6. The second kappa shape index (κ2) is 12.8. The van der Waals surface area contributed by atoms with E-state index in [4.69, 9.17) is 23.9 Å². The van der Waals surface area contributed by atoms with Gasteiger partial charge in [-0.05, 0) is 106 Å². The molecule has 1 aliphatic carbocycles. The van der Waals surface area contributed by atoms with Crippen LogP contribution in [0.25, 0.3) is 11.3 Å². The first-order valence-corrected chi connectivity index (χ1v) is 16.7. The Morgan fingerprint density at radius 2 is 1.85 bits per heavy atom. The number of rotatable bonds is 9. The molecule has 1 amide bonds. The van der Waals surface area contributed by atoms with Gasteiger partial charge in [-0.15, -0.1) is 0 Å². The Bertz CT molecular complexity index is 1670. The zero-order valence-electron chi connectivity index (χ0n) is 28.7. The molecule has 0 unspecified atom stereocenters. The van der Waals surface area contributed by atoms with E-state index in [0.29, 0.717) is 32.9 Å². The van der Waals surface area contributed by atoms with Crippen molar-refractivity contribution in [3.05, 3.63) is 76.3 Å². The van der Waals surface area contributed by atoms with Crippen LogP contribution >= 0.6 is 0 Å². The Balaban J connectivity index is 1.21. The summed E-state index contributed by atoms with van der Waals surface area (Å²) in [5, 5.41) is 0. The lowest BCUT2D eigenvalue weighted by Crippen LogP contribution is -2.44. The van der Waals surface area contributed by atoms with Gasteiger partial charge in [-0.2, -0.15) is 0 Å². The van der Waals surface area contributed by atoms with Gasteiger partial charge < -0.3 is 28.7 Å². The van der Waals surface area contributed by atoms with Gasteiger partial charge in [0.25, 0.3) is 0 Å². The molecule has 9 heteroatoms. The molecule has 3 aromatic rings. The summed E-state index contributed by atoms with van der Waals surface area (Å²) >= 11 is 0. The number of fused-ring (bicyclic) bond motifs is 2. The van der Waals surface area contributed by atoms with Crippen LogP contribution in [-0.2, 0) is 38.6 Å². The van der Waals surface area contributed by atoms with Crippen molar-refractivity contribution in [1.82, 2.24) is 9.88 Å². The monoisotopic (exact) mass is 641 g/mol. The van der Waals surface area contributed by atoms with E-state index in [2.05, 4.69) is 36.9 Å². The van der Waals surface area contributed by atoms with Crippen molar-refractivity contribution >= 4 is 17.9 Å². The number of pyridine rings is 1. The van der Waals surface area contributed by atoms with Gasteiger partial charge >= 0.3 is 12.1 Å². The molecule has 1 saturated heterocycles. The van der Waals surface area contributed by atoms with Gasteiger partial charge in [0.2, 0.25) is 0 Å². The lowest BCUT2D eigenvalue weighted by Gasteiger charge is -2.32. The molecule has 250 valence electrons. The van der Waals surface area contributed by atoms with E-state index in [0.717, 1.165) is 58.9 Å². The number of ether oxygens (including phenoxy) is 4. The third-order valence-corrected chi connectivity index (χ3v) is 9.76. The Hall–Kier alpha value is -4.11. The average molecular weight is 642 g/mol. The first kappa shape index (κ1) is 32.8. The van der Waals surface area contributed by atoms with E-state index in [-0.39, 0.29) is 24.0 Å². The van der Waals surface area contributed by atoms with Crippen LogP contribution in [0, 0.1) is 25.2 Å². The van der Waals surface area contributed by atoms with Crippen LogP contribution in [0.3, 0.4) is 0 Å². The van der Waals surface area contributed by atoms with Gasteiger partial charge in [-0.25, -0.2) is 9.78 Å². The number of benzene rings is 2. The number of para-hydroxylation sites is 1. The number of piperidine rings is 1. The predicted molar refractivity (Wildman–Crippen MR) is 180 cm³/mol. The van der Waals surface area contributed by atoms with Gasteiger partial charge in [0.1, 0.15) is 23.8 Å². The first-order valence-electron chi connectivity index (χ1n) is 16.7. The van der Waals surface area contributed by atoms with Crippen LogP contribution in [-0.4, -0.2) is 67.0 Å². The Kier molecular flexibility index (Phi) is 8.96. The predicted octanol–water partition coefficient (Wildman–Crippen LogP) is 6.64. The molecule has 0 spiro atoms. The summed E-state index contributed by atoms with van der Waals surface area (Å²) in [7, 11) is 1.47. The number of amides is 1. The second-order valence-corrected chi connectivity index (χ2v) is 14.1. The van der Waals surface area contributed by atoms with Crippen LogP contribution in [0.15, 0.2) is 48.5 Å². The molecule has 0 N–H and O–H groups in total. The number of esters is 1. The van der Waals surface area contributed by atoms with Crippen LogP contribution in [0.4, 0.5) is 10.6 Å². The zero-order chi connectivity index (χ0) is 33.5. The summed E-state index contributed by atoms with van der Waals surface area (Å²) < 4.78 is 23.3. The molecule has 1 aromatic heterocycles.